The van der Waals surface area contributed by atoms with Crippen LogP contribution in [-0.2, 0) is 4.74 Å². The Balaban J connectivity index is 0.000000371. The van der Waals surface area contributed by atoms with Crippen LogP contribution < -0.4 is 0 Å². The molecule has 3 nitrogen and oxygen atoms in total. The number of ether oxygens (including phenoxy) is 1. The molecule has 10 heavy (non-hydrogen) atoms. The van der Waals surface area contributed by atoms with E-state index in [1.165, 1.54) is 0 Å². The third-order valence-corrected chi connectivity index (χ3v) is 1.36. The summed E-state index contributed by atoms with van der Waals surface area (Å²) >= 11 is 0. The van der Waals surface area contributed by atoms with Gasteiger partial charge in [-0.25, -0.2) is 0 Å². The second-order valence-corrected chi connectivity index (χ2v) is 2.04. The van der Waals surface area contributed by atoms with Crippen molar-refractivity contribution in [2.45, 2.75) is 20.1 Å². The summed E-state index contributed by atoms with van der Waals surface area (Å²) in [7, 11) is 1.88. The number of aliphatic hydroxyl groups excluding tert-OH is 1. The fourth-order valence-electron chi connectivity index (χ4n) is 0.674. The van der Waals surface area contributed by atoms with Gasteiger partial charge in [-0.1, -0.05) is 13.8 Å². The molecule has 1 atom stereocenters. The van der Waals surface area contributed by atoms with Crippen molar-refractivity contribution in [2.24, 2.45) is 0 Å². The van der Waals surface area contributed by atoms with Gasteiger partial charge in [-0.3, -0.25) is 4.90 Å². The molecule has 0 spiro atoms. The summed E-state index contributed by atoms with van der Waals surface area (Å²) < 4.78 is 4.96. The van der Waals surface area contributed by atoms with Gasteiger partial charge < -0.3 is 9.84 Å². The van der Waals surface area contributed by atoms with Gasteiger partial charge in [-0.05, 0) is 7.05 Å². The maximum Gasteiger partial charge on any atom is 0.130 e. The summed E-state index contributed by atoms with van der Waals surface area (Å²) in [6.45, 7) is 6.03. The van der Waals surface area contributed by atoms with Crippen LogP contribution in [0.5, 0.6) is 0 Å². The first-order valence-electron chi connectivity index (χ1n) is 3.77. The zero-order valence-corrected chi connectivity index (χ0v) is 7.00. The lowest BCUT2D eigenvalue weighted by Crippen LogP contribution is -2.42. The average molecular weight is 147 g/mol. The summed E-state index contributed by atoms with van der Waals surface area (Å²) in [5.74, 6) is 0. The number of likely N-dealkylation sites (N-methyl/N-ethyl adjacent to an activating group) is 1. The Morgan fingerprint density at radius 2 is 2.10 bits per heavy atom. The molecule has 62 valence electrons. The number of hydrogen-bond donors (Lipinski definition) is 1. The van der Waals surface area contributed by atoms with Crippen molar-refractivity contribution in [1.29, 1.82) is 0 Å². The largest absolute Gasteiger partial charge is 0.376 e. The van der Waals surface area contributed by atoms with Gasteiger partial charge in [0.05, 0.1) is 13.2 Å². The topological polar surface area (TPSA) is 32.7 Å². The molecule has 1 aliphatic rings. The fourth-order valence-corrected chi connectivity index (χ4v) is 0.674. The van der Waals surface area contributed by atoms with E-state index >= 15 is 0 Å². The van der Waals surface area contributed by atoms with Gasteiger partial charge in [0.2, 0.25) is 0 Å². The summed E-state index contributed by atoms with van der Waals surface area (Å²) in [6.07, 6.45) is -0.385. The first-order chi connectivity index (χ1) is 4.80. The summed E-state index contributed by atoms with van der Waals surface area (Å²) in [5, 5.41) is 8.98. The SMILES string of the molecule is CC.CN1CCOC[C@H]1O. The molecule has 3 heteroatoms. The van der Waals surface area contributed by atoms with Crippen LogP contribution in [-0.4, -0.2) is 43.0 Å². The predicted molar refractivity (Wildman–Crippen MR) is 40.8 cm³/mol. The highest BCUT2D eigenvalue weighted by Crippen LogP contribution is 1.98. The van der Waals surface area contributed by atoms with E-state index in [9.17, 15) is 0 Å². The Labute approximate surface area is 62.6 Å². The van der Waals surface area contributed by atoms with Crippen molar-refractivity contribution in [3.05, 3.63) is 0 Å². The number of nitrogens with zero attached hydrogens (tertiary/aromatic N) is 1. The molecule has 1 aliphatic heterocycles. The number of aliphatic hydroxyl groups is 1. The quantitative estimate of drug-likeness (QED) is 0.534. The Bertz CT molecular complexity index is 68.0. The van der Waals surface area contributed by atoms with E-state index in [1.807, 2.05) is 25.8 Å². The molecule has 1 heterocycles. The number of rotatable bonds is 0. The molecular formula is C7H17NO2. The number of morpholine rings is 1. The fraction of sp³-hybridized carbons (Fsp3) is 1.00. The molecule has 0 aromatic carbocycles. The van der Waals surface area contributed by atoms with Crippen LogP contribution in [0.4, 0.5) is 0 Å². The zero-order valence-electron chi connectivity index (χ0n) is 7.00. The van der Waals surface area contributed by atoms with Crippen molar-refractivity contribution < 1.29 is 9.84 Å². The van der Waals surface area contributed by atoms with E-state index in [0.29, 0.717) is 6.61 Å². The van der Waals surface area contributed by atoms with Crippen molar-refractivity contribution in [1.82, 2.24) is 4.90 Å². The lowest BCUT2D eigenvalue weighted by molar-refractivity contribution is -0.0934. The van der Waals surface area contributed by atoms with E-state index in [1.54, 1.807) is 0 Å². The lowest BCUT2D eigenvalue weighted by atomic mass is 10.4. The van der Waals surface area contributed by atoms with Crippen LogP contribution in [0.15, 0.2) is 0 Å². The van der Waals surface area contributed by atoms with E-state index in [0.717, 1.165) is 13.2 Å². The van der Waals surface area contributed by atoms with Crippen LogP contribution in [0, 0.1) is 0 Å². The maximum atomic E-state index is 8.98. The van der Waals surface area contributed by atoms with E-state index in [2.05, 4.69) is 0 Å². The molecule has 1 saturated heterocycles. The zero-order chi connectivity index (χ0) is 7.98. The molecule has 1 N–H and O–H groups in total. The molecular weight excluding hydrogens is 130 g/mol. The van der Waals surface area contributed by atoms with Gasteiger partial charge >= 0.3 is 0 Å². The summed E-state index contributed by atoms with van der Waals surface area (Å²) in [4.78, 5) is 1.86. The first kappa shape index (κ1) is 9.88. The molecule has 0 amide bonds. The van der Waals surface area contributed by atoms with Gasteiger partial charge in [0.1, 0.15) is 6.23 Å². The van der Waals surface area contributed by atoms with Crippen LogP contribution in [0.2, 0.25) is 0 Å². The van der Waals surface area contributed by atoms with Crippen molar-refractivity contribution in [2.75, 3.05) is 26.8 Å². The third kappa shape index (κ3) is 3.15. The standard InChI is InChI=1S/C5H11NO2.C2H6/c1-6-2-3-8-4-5(6)7;1-2/h5,7H,2-4H2,1H3;1-2H3/t5-;/m1./s1. The Morgan fingerprint density at radius 3 is 2.40 bits per heavy atom. The molecule has 0 aromatic heterocycles. The van der Waals surface area contributed by atoms with Crippen molar-refractivity contribution in [3.63, 3.8) is 0 Å². The molecule has 0 aliphatic carbocycles. The summed E-state index contributed by atoms with van der Waals surface area (Å²) in [5.41, 5.74) is 0. The van der Waals surface area contributed by atoms with E-state index in [4.69, 9.17) is 9.84 Å². The Hall–Kier alpha value is -0.120. The van der Waals surface area contributed by atoms with Crippen molar-refractivity contribution in [3.8, 4) is 0 Å². The van der Waals surface area contributed by atoms with Crippen LogP contribution in [0.1, 0.15) is 13.8 Å². The smallest absolute Gasteiger partial charge is 0.130 e. The highest BCUT2D eigenvalue weighted by molar-refractivity contribution is 4.59. The molecule has 0 saturated carbocycles. The molecule has 1 fully saturated rings. The first-order valence-corrected chi connectivity index (χ1v) is 3.77. The van der Waals surface area contributed by atoms with Gasteiger partial charge in [-0.2, -0.15) is 0 Å². The van der Waals surface area contributed by atoms with Crippen molar-refractivity contribution >= 4 is 0 Å². The monoisotopic (exact) mass is 147 g/mol. The number of hydrogen-bond acceptors (Lipinski definition) is 3. The molecule has 0 unspecified atom stereocenters. The lowest BCUT2D eigenvalue weighted by Gasteiger charge is -2.27. The molecule has 1 rings (SSSR count). The van der Waals surface area contributed by atoms with E-state index < -0.39 is 0 Å². The van der Waals surface area contributed by atoms with Crippen LogP contribution >= 0.6 is 0 Å². The Morgan fingerprint density at radius 1 is 1.50 bits per heavy atom. The molecule has 0 radical (unpaired) electrons. The minimum atomic E-state index is -0.385. The second-order valence-electron chi connectivity index (χ2n) is 2.04. The van der Waals surface area contributed by atoms with Crippen LogP contribution in [0.25, 0.3) is 0 Å². The normalized spacial score (nSPS) is 27.0. The molecule has 0 bridgehead atoms. The average Bonchev–Trinajstić information content (AvgIpc) is 2.00. The van der Waals surface area contributed by atoms with Crippen LogP contribution in [0.3, 0.4) is 0 Å². The Kier molecular flexibility index (Phi) is 5.58. The van der Waals surface area contributed by atoms with Gasteiger partial charge in [-0.15, -0.1) is 0 Å². The van der Waals surface area contributed by atoms with Gasteiger partial charge in [0.25, 0.3) is 0 Å². The maximum absolute atomic E-state index is 8.98. The highest BCUT2D eigenvalue weighted by Gasteiger charge is 2.14. The highest BCUT2D eigenvalue weighted by atomic mass is 16.5. The van der Waals surface area contributed by atoms with Gasteiger partial charge in [0.15, 0.2) is 0 Å². The minimum Gasteiger partial charge on any atom is -0.376 e. The van der Waals surface area contributed by atoms with E-state index in [-0.39, 0.29) is 6.23 Å². The summed E-state index contributed by atoms with van der Waals surface area (Å²) in [6, 6.07) is 0. The minimum absolute atomic E-state index is 0.385. The third-order valence-electron chi connectivity index (χ3n) is 1.36. The second kappa shape index (κ2) is 5.65. The van der Waals surface area contributed by atoms with Gasteiger partial charge in [0, 0.05) is 6.54 Å². The predicted octanol–water partition coefficient (Wildman–Crippen LogP) is 0.293. The molecule has 0 aromatic rings.